The third-order valence-electron chi connectivity index (χ3n) is 6.22. The Kier molecular flexibility index (Phi) is 9.64. The molecule has 0 radical (unpaired) electrons. The zero-order chi connectivity index (χ0) is 31.4. The van der Waals surface area contributed by atoms with Crippen LogP contribution >= 0.6 is 0 Å². The zero-order valence-corrected chi connectivity index (χ0v) is 23.4. The maximum absolute atomic E-state index is 14.6. The van der Waals surface area contributed by atoms with Gasteiger partial charge in [-0.2, -0.15) is 13.2 Å². The number of aryl methyl sites for hydroxylation is 2. The lowest BCUT2D eigenvalue weighted by molar-refractivity contribution is -0.193. The predicted molar refractivity (Wildman–Crippen MR) is 138 cm³/mol. The highest BCUT2D eigenvalue weighted by atomic mass is 19.4. The summed E-state index contributed by atoms with van der Waals surface area (Å²) in [6.45, 7) is 5.71. The van der Waals surface area contributed by atoms with Crippen LogP contribution < -0.4 is 20.1 Å². The number of amides is 2. The molecule has 2 amide bonds. The van der Waals surface area contributed by atoms with Crippen molar-refractivity contribution in [1.82, 2.24) is 20.0 Å². The molecule has 0 saturated carbocycles. The van der Waals surface area contributed by atoms with Crippen molar-refractivity contribution in [1.29, 1.82) is 0 Å². The number of carbonyl (C=O) groups is 3. The average Bonchev–Trinajstić information content (AvgIpc) is 3.22. The number of hydrogen-bond acceptors (Lipinski definition) is 7. The Morgan fingerprint density at radius 3 is 2.40 bits per heavy atom. The Bertz CT molecular complexity index is 1510. The van der Waals surface area contributed by atoms with Crippen LogP contribution in [0.2, 0.25) is 0 Å². The lowest BCUT2D eigenvalue weighted by atomic mass is 9.96. The minimum atomic E-state index is -5.36. The first-order valence-corrected chi connectivity index (χ1v) is 12.6. The molecule has 2 aromatic heterocycles. The van der Waals surface area contributed by atoms with Crippen molar-refractivity contribution in [2.24, 2.45) is 0 Å². The number of halogens is 5. The molecule has 228 valence electrons. The van der Waals surface area contributed by atoms with Gasteiger partial charge in [0.05, 0.1) is 23.9 Å². The highest BCUT2D eigenvalue weighted by Gasteiger charge is 2.43. The van der Waals surface area contributed by atoms with Crippen molar-refractivity contribution < 1.29 is 50.5 Å². The Balaban J connectivity index is 1.83. The highest BCUT2D eigenvalue weighted by molar-refractivity contribution is 5.95. The van der Waals surface area contributed by atoms with E-state index in [9.17, 15) is 36.3 Å². The van der Waals surface area contributed by atoms with Crippen molar-refractivity contribution in [3.8, 4) is 11.5 Å². The average molecular weight is 601 g/mol. The number of pyridine rings is 1. The first-order valence-electron chi connectivity index (χ1n) is 12.6. The van der Waals surface area contributed by atoms with Crippen molar-refractivity contribution in [3.63, 3.8) is 0 Å². The molecular formula is C27H29F5N4O6. The maximum atomic E-state index is 14.6. The Labute approximate surface area is 237 Å². The molecule has 42 heavy (non-hydrogen) atoms. The fraction of sp³-hybridized carbons (Fsp3) is 0.407. The molecule has 3 rings (SSSR count). The molecule has 10 nitrogen and oxygen atoms in total. The molecule has 1 atom stereocenters. The van der Waals surface area contributed by atoms with Gasteiger partial charge in [-0.25, -0.2) is 23.4 Å². The van der Waals surface area contributed by atoms with Gasteiger partial charge < -0.3 is 24.8 Å². The summed E-state index contributed by atoms with van der Waals surface area (Å²) < 4.78 is 82.2. The number of esters is 1. The number of nitrogens with zero attached hydrogens (tertiary/aromatic N) is 2. The number of methoxy groups -OCH3 is 1. The van der Waals surface area contributed by atoms with Crippen LogP contribution in [-0.2, 0) is 16.1 Å². The molecule has 0 aliphatic rings. The number of alkyl carbamates (subject to hydrolysis) is 1. The van der Waals surface area contributed by atoms with Crippen LogP contribution in [0.4, 0.5) is 26.7 Å². The number of fused-ring (bicyclic) bond motifs is 1. The molecule has 0 bridgehead atoms. The molecule has 1 unspecified atom stereocenters. The molecule has 0 aliphatic heterocycles. The third kappa shape index (κ3) is 7.25. The normalized spacial score (nSPS) is 12.9. The smallest absolute Gasteiger partial charge is 0.491 e. The predicted octanol–water partition coefficient (Wildman–Crippen LogP) is 4.92. The van der Waals surface area contributed by atoms with Gasteiger partial charge in [0.15, 0.2) is 23.0 Å². The molecule has 2 N–H and O–H groups in total. The Hall–Kier alpha value is -4.43. The summed E-state index contributed by atoms with van der Waals surface area (Å²) in [6.07, 6.45) is -4.71. The fourth-order valence-corrected chi connectivity index (χ4v) is 4.27. The molecule has 0 fully saturated rings. The van der Waals surface area contributed by atoms with Gasteiger partial charge in [0.2, 0.25) is 0 Å². The molecule has 0 spiro atoms. The number of hydrogen-bond donors (Lipinski definition) is 2. The van der Waals surface area contributed by atoms with E-state index in [0.29, 0.717) is 12.0 Å². The number of aromatic nitrogens is 2. The van der Waals surface area contributed by atoms with Crippen LogP contribution in [-0.4, -0.2) is 52.7 Å². The number of alkyl halides is 3. The topological polar surface area (TPSA) is 120 Å². The first kappa shape index (κ1) is 32.1. The summed E-state index contributed by atoms with van der Waals surface area (Å²) in [4.78, 5) is 40.6. The molecule has 2 heterocycles. The van der Waals surface area contributed by atoms with Gasteiger partial charge >= 0.3 is 18.2 Å². The third-order valence-corrected chi connectivity index (χ3v) is 6.22. The summed E-state index contributed by atoms with van der Waals surface area (Å²) in [6, 6.07) is 3.77. The molecular weight excluding hydrogens is 571 g/mol. The monoisotopic (exact) mass is 600 g/mol. The van der Waals surface area contributed by atoms with Crippen LogP contribution in [0.25, 0.3) is 5.65 Å². The van der Waals surface area contributed by atoms with Gasteiger partial charge in [-0.15, -0.1) is 0 Å². The summed E-state index contributed by atoms with van der Waals surface area (Å²) in [5, 5.41) is 4.83. The van der Waals surface area contributed by atoms with Crippen LogP contribution in [0.1, 0.15) is 54.0 Å². The van der Waals surface area contributed by atoms with Crippen molar-refractivity contribution >= 4 is 23.6 Å². The van der Waals surface area contributed by atoms with E-state index in [1.165, 1.54) is 18.4 Å². The Morgan fingerprint density at radius 1 is 1.10 bits per heavy atom. The maximum Gasteiger partial charge on any atom is 0.491 e. The molecule has 0 saturated heterocycles. The second-order valence-electron chi connectivity index (χ2n) is 9.75. The van der Waals surface area contributed by atoms with E-state index < -0.39 is 47.9 Å². The lowest BCUT2D eigenvalue weighted by Crippen LogP contribution is -2.54. The minimum absolute atomic E-state index is 0.0750. The Morgan fingerprint density at radius 2 is 1.79 bits per heavy atom. The van der Waals surface area contributed by atoms with Crippen LogP contribution in [0.5, 0.6) is 11.5 Å². The van der Waals surface area contributed by atoms with Crippen molar-refractivity contribution in [3.05, 3.63) is 58.5 Å². The molecule has 1 aromatic carbocycles. The van der Waals surface area contributed by atoms with Crippen molar-refractivity contribution in [2.45, 2.75) is 58.9 Å². The van der Waals surface area contributed by atoms with Gasteiger partial charge in [0, 0.05) is 12.7 Å². The number of benzene rings is 1. The second kappa shape index (κ2) is 12.6. The van der Waals surface area contributed by atoms with E-state index in [-0.39, 0.29) is 47.1 Å². The van der Waals surface area contributed by atoms with Gasteiger partial charge in [0.25, 0.3) is 5.91 Å². The van der Waals surface area contributed by atoms with Gasteiger partial charge in [-0.05, 0) is 51.0 Å². The summed E-state index contributed by atoms with van der Waals surface area (Å²) >= 11 is 0. The fourth-order valence-electron chi connectivity index (χ4n) is 4.27. The van der Waals surface area contributed by atoms with Crippen LogP contribution in [0.3, 0.4) is 0 Å². The van der Waals surface area contributed by atoms with Crippen molar-refractivity contribution in [2.75, 3.05) is 13.7 Å². The van der Waals surface area contributed by atoms with Gasteiger partial charge in [0.1, 0.15) is 18.1 Å². The standard InChI is InChI=1S/C27H29F5N4O6/c1-6-9-26(4,35-25(39)42-24(38)27(30,31)32)13-33-23(37)21-15(3)34-22-19(10-14(2)11-36(21)22)41-12-16-17(28)7-8-18(40-5)20(16)29/h7-8,10-11H,6,9,12-13H2,1-5H3,(H,33,37)(H,35,39). The number of rotatable bonds is 10. The first-order chi connectivity index (χ1) is 19.6. The van der Waals surface area contributed by atoms with E-state index >= 15 is 0 Å². The van der Waals surface area contributed by atoms with E-state index in [1.807, 2.05) is 0 Å². The molecule has 15 heteroatoms. The van der Waals surface area contributed by atoms with E-state index in [4.69, 9.17) is 9.47 Å². The largest absolute Gasteiger partial charge is 0.494 e. The zero-order valence-electron chi connectivity index (χ0n) is 23.4. The summed E-state index contributed by atoms with van der Waals surface area (Å²) in [5.74, 6) is -5.11. The SMILES string of the molecule is CCCC(C)(CNC(=O)c1c(C)nc2c(OCc3c(F)ccc(OC)c3F)cc(C)cn12)NC(=O)OC(=O)C(F)(F)F. The van der Waals surface area contributed by atoms with E-state index in [0.717, 1.165) is 12.1 Å². The summed E-state index contributed by atoms with van der Waals surface area (Å²) in [7, 11) is 1.24. The van der Waals surface area contributed by atoms with Gasteiger partial charge in [-0.1, -0.05) is 13.3 Å². The summed E-state index contributed by atoms with van der Waals surface area (Å²) in [5.41, 5.74) is -0.515. The number of carbonyl (C=O) groups excluding carboxylic acids is 3. The number of nitrogens with one attached hydrogen (secondary N) is 2. The molecule has 0 aliphatic carbocycles. The lowest BCUT2D eigenvalue weighted by Gasteiger charge is -2.30. The van der Waals surface area contributed by atoms with E-state index in [2.05, 4.69) is 20.4 Å². The molecule has 3 aromatic rings. The van der Waals surface area contributed by atoms with Gasteiger partial charge in [-0.3, -0.25) is 9.20 Å². The van der Waals surface area contributed by atoms with E-state index in [1.54, 1.807) is 33.0 Å². The van der Waals surface area contributed by atoms with Crippen LogP contribution in [0.15, 0.2) is 24.4 Å². The van der Waals surface area contributed by atoms with Crippen LogP contribution in [0, 0.1) is 25.5 Å². The number of imidazole rings is 1. The minimum Gasteiger partial charge on any atom is -0.494 e. The number of ether oxygens (including phenoxy) is 3. The highest BCUT2D eigenvalue weighted by Crippen LogP contribution is 2.28. The second-order valence-corrected chi connectivity index (χ2v) is 9.75. The quantitative estimate of drug-likeness (QED) is 0.193.